The average Bonchev–Trinajstić information content (AvgIpc) is 3.41. The molecule has 0 N–H and O–H groups in total. The Morgan fingerprint density at radius 2 is 1.00 bits per heavy atom. The van der Waals surface area contributed by atoms with Gasteiger partial charge in [-0.25, -0.2) is 15.0 Å². The van der Waals surface area contributed by atoms with E-state index in [1.807, 2.05) is 60.7 Å². The SMILES string of the molecule is N#Cc1cc(-n2c3ccc(C(F)(F)F)cc3c3cc(C(F)(F)F)ccc32)ccc1-c1nc(-c2ccccc2)nc(-c2ccccc2)n1. The maximum Gasteiger partial charge on any atom is 0.416 e. The second-order valence-electron chi connectivity index (χ2n) is 10.7. The summed E-state index contributed by atoms with van der Waals surface area (Å²) < 4.78 is 83.5. The molecule has 0 aliphatic carbocycles. The minimum atomic E-state index is -4.71. The number of alkyl halides is 6. The van der Waals surface area contributed by atoms with Crippen molar-refractivity contribution in [2.24, 2.45) is 0 Å². The van der Waals surface area contributed by atoms with Gasteiger partial charge in [-0.1, -0.05) is 60.7 Å². The first-order valence-corrected chi connectivity index (χ1v) is 14.2. The molecule has 0 saturated carbocycles. The van der Waals surface area contributed by atoms with Crippen molar-refractivity contribution < 1.29 is 26.3 Å². The largest absolute Gasteiger partial charge is 0.416 e. The standard InChI is InChI=1S/C36H19F6N5/c37-35(38,39)24-11-15-30-28(18-24)29-19-25(36(40,41)42)12-16-31(29)47(30)26-13-14-27(23(17-26)20-43)34-45-32(21-7-3-1-4-8-21)44-33(46-34)22-9-5-2-6-10-22/h1-19H. The molecule has 7 aromatic rings. The zero-order valence-electron chi connectivity index (χ0n) is 24.0. The Labute approximate surface area is 263 Å². The van der Waals surface area contributed by atoms with Crippen molar-refractivity contribution in [3.05, 3.63) is 132 Å². The molecule has 0 aliphatic rings. The number of halogens is 6. The summed E-state index contributed by atoms with van der Waals surface area (Å²) in [5.74, 6) is 0.976. The maximum atomic E-state index is 13.7. The van der Waals surface area contributed by atoms with Gasteiger partial charge in [0.1, 0.15) is 0 Å². The van der Waals surface area contributed by atoms with E-state index in [9.17, 15) is 31.6 Å². The number of nitriles is 1. The normalized spacial score (nSPS) is 12.0. The van der Waals surface area contributed by atoms with Crippen LogP contribution in [-0.4, -0.2) is 19.5 Å². The molecule has 2 heterocycles. The Morgan fingerprint density at radius 3 is 1.45 bits per heavy atom. The van der Waals surface area contributed by atoms with Crippen LogP contribution >= 0.6 is 0 Å². The highest BCUT2D eigenvalue weighted by atomic mass is 19.4. The van der Waals surface area contributed by atoms with Gasteiger partial charge in [0.25, 0.3) is 0 Å². The molecule has 0 spiro atoms. The van der Waals surface area contributed by atoms with Crippen molar-refractivity contribution >= 4 is 21.8 Å². The van der Waals surface area contributed by atoms with E-state index < -0.39 is 23.5 Å². The molecule has 5 aromatic carbocycles. The molecular weight excluding hydrogens is 616 g/mol. The minimum Gasteiger partial charge on any atom is -0.309 e. The fraction of sp³-hybridized carbons (Fsp3) is 0.0556. The van der Waals surface area contributed by atoms with Crippen LogP contribution in [0.1, 0.15) is 16.7 Å². The van der Waals surface area contributed by atoms with E-state index in [2.05, 4.69) is 21.0 Å². The zero-order chi connectivity index (χ0) is 32.9. The van der Waals surface area contributed by atoms with Crippen molar-refractivity contribution in [2.75, 3.05) is 0 Å². The molecule has 0 radical (unpaired) electrons. The van der Waals surface area contributed by atoms with Crippen LogP contribution in [0.3, 0.4) is 0 Å². The Morgan fingerprint density at radius 1 is 0.532 bits per heavy atom. The van der Waals surface area contributed by atoms with Crippen LogP contribution in [0.25, 0.3) is 61.7 Å². The van der Waals surface area contributed by atoms with Crippen molar-refractivity contribution in [3.8, 4) is 45.9 Å². The van der Waals surface area contributed by atoms with Crippen LogP contribution in [0.2, 0.25) is 0 Å². The fourth-order valence-electron chi connectivity index (χ4n) is 5.54. The van der Waals surface area contributed by atoms with E-state index in [1.165, 1.54) is 22.8 Å². The Kier molecular flexibility index (Phi) is 7.01. The second-order valence-corrected chi connectivity index (χ2v) is 10.7. The van der Waals surface area contributed by atoms with Gasteiger partial charge in [0, 0.05) is 33.2 Å². The van der Waals surface area contributed by atoms with Crippen molar-refractivity contribution in [1.82, 2.24) is 19.5 Å². The molecular formula is C36H19F6N5. The Bertz CT molecular complexity index is 2210. The van der Waals surface area contributed by atoms with Crippen LogP contribution < -0.4 is 0 Å². The van der Waals surface area contributed by atoms with Crippen LogP contribution in [0.15, 0.2) is 115 Å². The molecule has 0 atom stereocenters. The number of hydrogen-bond acceptors (Lipinski definition) is 4. The lowest BCUT2D eigenvalue weighted by Gasteiger charge is -2.13. The number of hydrogen-bond donors (Lipinski definition) is 0. The first-order valence-electron chi connectivity index (χ1n) is 14.2. The van der Waals surface area contributed by atoms with Crippen LogP contribution in [0.4, 0.5) is 26.3 Å². The fourth-order valence-corrected chi connectivity index (χ4v) is 5.54. The highest BCUT2D eigenvalue weighted by molar-refractivity contribution is 6.10. The van der Waals surface area contributed by atoms with Gasteiger partial charge in [0.15, 0.2) is 17.5 Å². The summed E-state index contributed by atoms with van der Waals surface area (Å²) in [7, 11) is 0. The van der Waals surface area contributed by atoms with Gasteiger partial charge in [0.2, 0.25) is 0 Å². The predicted octanol–water partition coefficient (Wildman–Crippen LogP) is 9.88. The summed E-state index contributed by atoms with van der Waals surface area (Å²) in [5, 5.41) is 10.2. The summed E-state index contributed by atoms with van der Waals surface area (Å²) in [6.07, 6.45) is -9.41. The summed E-state index contributed by atoms with van der Waals surface area (Å²) >= 11 is 0. The molecule has 0 aliphatic heterocycles. The number of fused-ring (bicyclic) bond motifs is 3. The third kappa shape index (κ3) is 5.44. The van der Waals surface area contributed by atoms with E-state index >= 15 is 0 Å². The lowest BCUT2D eigenvalue weighted by molar-refractivity contribution is -0.138. The molecule has 11 heteroatoms. The van der Waals surface area contributed by atoms with Gasteiger partial charge in [0.05, 0.1) is 33.8 Å². The molecule has 5 nitrogen and oxygen atoms in total. The molecule has 0 saturated heterocycles. The molecule has 2 aromatic heterocycles. The monoisotopic (exact) mass is 635 g/mol. The quantitative estimate of drug-likeness (QED) is 0.181. The predicted molar refractivity (Wildman–Crippen MR) is 165 cm³/mol. The van der Waals surface area contributed by atoms with E-state index in [0.29, 0.717) is 22.9 Å². The third-order valence-electron chi connectivity index (χ3n) is 7.74. The van der Waals surface area contributed by atoms with Crippen molar-refractivity contribution in [3.63, 3.8) is 0 Å². The topological polar surface area (TPSA) is 67.4 Å². The molecule has 230 valence electrons. The number of rotatable bonds is 4. The zero-order valence-corrected chi connectivity index (χ0v) is 24.0. The van der Waals surface area contributed by atoms with E-state index in [-0.39, 0.29) is 33.2 Å². The van der Waals surface area contributed by atoms with Crippen LogP contribution in [0.5, 0.6) is 0 Å². The summed E-state index contributed by atoms with van der Waals surface area (Å²) in [5.41, 5.74) is 0.804. The minimum absolute atomic E-state index is 0.0130. The molecule has 0 amide bonds. The Balaban J connectivity index is 1.44. The van der Waals surface area contributed by atoms with E-state index in [4.69, 9.17) is 0 Å². The van der Waals surface area contributed by atoms with Crippen molar-refractivity contribution in [1.29, 1.82) is 5.26 Å². The second kappa shape index (κ2) is 11.1. The molecule has 0 fully saturated rings. The van der Waals surface area contributed by atoms with Gasteiger partial charge >= 0.3 is 12.4 Å². The molecule has 0 unspecified atom stereocenters. The van der Waals surface area contributed by atoms with Gasteiger partial charge < -0.3 is 4.57 Å². The number of benzene rings is 5. The highest BCUT2D eigenvalue weighted by Crippen LogP contribution is 2.40. The first-order chi connectivity index (χ1) is 22.5. The highest BCUT2D eigenvalue weighted by Gasteiger charge is 2.33. The van der Waals surface area contributed by atoms with E-state index in [0.717, 1.165) is 35.4 Å². The smallest absolute Gasteiger partial charge is 0.309 e. The van der Waals surface area contributed by atoms with Crippen molar-refractivity contribution in [2.45, 2.75) is 12.4 Å². The summed E-state index contributed by atoms with van der Waals surface area (Å²) in [4.78, 5) is 14.0. The lowest BCUT2D eigenvalue weighted by atomic mass is 10.1. The molecule has 0 bridgehead atoms. The van der Waals surface area contributed by atoms with Gasteiger partial charge in [-0.15, -0.1) is 0 Å². The molecule has 7 rings (SSSR count). The maximum absolute atomic E-state index is 13.7. The third-order valence-corrected chi connectivity index (χ3v) is 7.74. The Hall–Kier alpha value is -6.02. The van der Waals surface area contributed by atoms with Crippen LogP contribution in [-0.2, 0) is 12.4 Å². The summed E-state index contributed by atoms with van der Waals surface area (Å²) in [6, 6.07) is 31.3. The number of nitrogens with zero attached hydrogens (tertiary/aromatic N) is 5. The van der Waals surface area contributed by atoms with Crippen LogP contribution in [0, 0.1) is 11.3 Å². The average molecular weight is 636 g/mol. The lowest BCUT2D eigenvalue weighted by Crippen LogP contribution is -2.04. The molecule has 47 heavy (non-hydrogen) atoms. The summed E-state index contributed by atoms with van der Waals surface area (Å²) in [6.45, 7) is 0. The first kappa shape index (κ1) is 29.7. The van der Waals surface area contributed by atoms with Gasteiger partial charge in [-0.05, 0) is 54.6 Å². The number of aromatic nitrogens is 4. The van der Waals surface area contributed by atoms with E-state index in [1.54, 1.807) is 12.1 Å². The van der Waals surface area contributed by atoms with Gasteiger partial charge in [-0.2, -0.15) is 31.6 Å². The van der Waals surface area contributed by atoms with Gasteiger partial charge in [-0.3, -0.25) is 0 Å².